The molecule has 0 unspecified atom stereocenters. The minimum atomic E-state index is -5.06. The minimum Gasteiger partial charge on any atom is -0.394 e. The van der Waals surface area contributed by atoms with Crippen LogP contribution in [0.1, 0.15) is 34.1 Å². The first-order valence-corrected chi connectivity index (χ1v) is 21.3. The van der Waals surface area contributed by atoms with Gasteiger partial charge in [0.15, 0.2) is 0 Å². The van der Waals surface area contributed by atoms with Crippen molar-refractivity contribution in [2.45, 2.75) is 86.4 Å². The van der Waals surface area contributed by atoms with Gasteiger partial charge < -0.3 is 81.5 Å². The molecule has 3 aromatic rings. The third-order valence-electron chi connectivity index (χ3n) is 9.55. The molecule has 1 amide bonds. The molecule has 0 spiro atoms. The minimum absolute atomic E-state index is 0.00623. The van der Waals surface area contributed by atoms with Crippen molar-refractivity contribution in [2.75, 3.05) is 53.6 Å². The molecule has 4 rings (SSSR count). The molecule has 0 aliphatic carbocycles. The number of hydrogen-bond acceptors (Lipinski definition) is 18. The quantitative estimate of drug-likeness (QED) is 0.0380. The van der Waals surface area contributed by atoms with Crippen LogP contribution in [-0.4, -0.2) is 195 Å². The van der Waals surface area contributed by atoms with E-state index in [1.165, 1.54) is 4.90 Å². The average molecular weight is 1000 g/mol. The molecule has 0 bridgehead atoms. The number of carbonyl (C=O) groups excluding carboxylic acids is 1. The lowest BCUT2D eigenvalue weighted by Gasteiger charge is -2.41. The number of halogens is 6. The van der Waals surface area contributed by atoms with Crippen LogP contribution < -0.4 is 21.6 Å². The molecule has 0 radical (unpaired) electrons. The van der Waals surface area contributed by atoms with Crippen molar-refractivity contribution in [3.8, 4) is 0 Å². The van der Waals surface area contributed by atoms with E-state index in [1.54, 1.807) is 44.4 Å². The van der Waals surface area contributed by atoms with Gasteiger partial charge in [0, 0.05) is 13.1 Å². The lowest BCUT2D eigenvalue weighted by molar-refractivity contribution is -0.143. The van der Waals surface area contributed by atoms with Gasteiger partial charge in [-0.25, -0.2) is 9.36 Å². The van der Waals surface area contributed by atoms with E-state index >= 15 is 0 Å². The maximum Gasteiger partial charge on any atom is 0.454 e. The number of aromatic nitrogens is 3. The molecule has 0 saturated carbocycles. The molecule has 1 fully saturated rings. The van der Waals surface area contributed by atoms with Crippen LogP contribution in [0.5, 0.6) is 0 Å². The van der Waals surface area contributed by atoms with E-state index in [1.807, 2.05) is 0 Å². The van der Waals surface area contributed by atoms with Gasteiger partial charge in [0.1, 0.15) is 42.4 Å². The highest BCUT2D eigenvalue weighted by Crippen LogP contribution is 2.37. The van der Waals surface area contributed by atoms with Crippen molar-refractivity contribution in [3.05, 3.63) is 87.1 Å². The number of carbonyl (C=O) groups is 1. The number of piperazine rings is 1. The number of aliphatic hydroxyl groups is 10. The molecule has 1 aliphatic heterocycles. The van der Waals surface area contributed by atoms with E-state index in [4.69, 9.17) is 45.6 Å². The highest BCUT2D eigenvalue weighted by Gasteiger charge is 2.39. The van der Waals surface area contributed by atoms with E-state index in [2.05, 4.69) is 26.0 Å². The predicted octanol–water partition coefficient (Wildman–Crippen LogP) is -3.91. The van der Waals surface area contributed by atoms with E-state index in [9.17, 15) is 60.5 Å². The summed E-state index contributed by atoms with van der Waals surface area (Å²) >= 11 is 0. The largest absolute Gasteiger partial charge is 0.454 e. The van der Waals surface area contributed by atoms with Crippen LogP contribution in [0.2, 0.25) is 0 Å². The van der Waals surface area contributed by atoms with Gasteiger partial charge in [0.2, 0.25) is 5.91 Å². The summed E-state index contributed by atoms with van der Waals surface area (Å²) in [4.78, 5) is 46.8. The fraction of sp³-hybridized carbons (Fsp3) is 0.595. The number of benzene rings is 2. The second kappa shape index (κ2) is 26.7. The van der Waals surface area contributed by atoms with E-state index in [-0.39, 0.29) is 54.7 Å². The first-order chi connectivity index (χ1) is 31.1. The Morgan fingerprint density at radius 3 is 1.64 bits per heavy atom. The third-order valence-corrected chi connectivity index (χ3v) is 10.3. The Balaban J connectivity index is 0.000000484. The van der Waals surface area contributed by atoms with Crippen molar-refractivity contribution < 1.29 is 101 Å². The molecular weight excluding hydrogens is 943 g/mol. The molecule has 382 valence electrons. The average Bonchev–Trinajstić information content (AvgIpc) is 3.65. The van der Waals surface area contributed by atoms with Crippen LogP contribution in [-0.2, 0) is 39.6 Å². The zero-order valence-electron chi connectivity index (χ0n) is 35.6. The van der Waals surface area contributed by atoms with Crippen molar-refractivity contribution in [2.24, 2.45) is 0 Å². The third kappa shape index (κ3) is 18.5. The molecule has 16 N–H and O–H groups in total. The Bertz CT molecular complexity index is 1990. The summed E-state index contributed by atoms with van der Waals surface area (Å²) in [5.74, 6) is -0.696. The zero-order valence-corrected chi connectivity index (χ0v) is 36.5. The Hall–Kier alpha value is -3.98. The summed E-state index contributed by atoms with van der Waals surface area (Å²) in [6.45, 7) is -2.62. The highest BCUT2D eigenvalue weighted by molar-refractivity contribution is 7.49. The van der Waals surface area contributed by atoms with E-state index in [0.717, 1.165) is 0 Å². The number of ether oxygens (including phenoxy) is 1. The smallest absolute Gasteiger partial charge is 0.394 e. The zero-order chi connectivity index (χ0) is 51.0. The second-order valence-corrected chi connectivity index (χ2v) is 16.3. The van der Waals surface area contributed by atoms with Gasteiger partial charge in [-0.3, -0.25) is 14.7 Å². The number of hydrogen-bond donors (Lipinski definition) is 16. The Morgan fingerprint density at radius 1 is 0.776 bits per heavy atom. The summed E-state index contributed by atoms with van der Waals surface area (Å²) in [5, 5.41) is 101. The topological polar surface area (TPSA) is 376 Å². The normalized spacial score (nSPS) is 19.6. The van der Waals surface area contributed by atoms with Gasteiger partial charge in [-0.1, -0.05) is 30.3 Å². The van der Waals surface area contributed by atoms with Gasteiger partial charge >= 0.3 is 25.8 Å². The molecule has 30 heteroatoms. The molecule has 1 aliphatic rings. The number of amides is 1. The second-order valence-electron chi connectivity index (χ2n) is 14.9. The van der Waals surface area contributed by atoms with Crippen LogP contribution in [0.25, 0.3) is 0 Å². The fourth-order valence-electron chi connectivity index (χ4n) is 6.24. The lowest BCUT2D eigenvalue weighted by atomic mass is 9.95. The standard InChI is InChI=1S/C23H22F6N5O6P.2C7H17NO5/c24-22(25,26)15-6-13(7-16(8-15)23(27,28)29)11-40-12-17-20(14-4-2-1-3-5-14)33(10-19(35)30-17)9-18-31-21(36)34(32-18)41(37,38)39;2*1-8-2-4(10)6(12)7(13)5(11)3-9/h1-8,17,20H,9-12H2,(H,30,35)(H,31,32,36)(H2,37,38,39);2*4-13H,2-3H2,1H3/t17-,20+;2*4-,5+,6+,7+/m100/s1. The number of likely N-dealkylation sites (N-methyl/N-ethyl adjacent to an activating group) is 2. The summed E-state index contributed by atoms with van der Waals surface area (Å²) in [5.41, 5.74) is -3.92. The van der Waals surface area contributed by atoms with Crippen molar-refractivity contribution >= 4 is 13.7 Å². The molecule has 1 aromatic heterocycles. The van der Waals surface area contributed by atoms with Gasteiger partial charge in [-0.05, 0) is 43.4 Å². The first kappa shape index (κ1) is 59.1. The summed E-state index contributed by atoms with van der Waals surface area (Å²) in [6.07, 6.45) is -21.4. The number of H-pyrrole nitrogens is 1. The van der Waals surface area contributed by atoms with Crippen LogP contribution in [0.15, 0.2) is 53.3 Å². The Kier molecular flexibility index (Phi) is 23.6. The predicted molar refractivity (Wildman–Crippen MR) is 218 cm³/mol. The highest BCUT2D eigenvalue weighted by atomic mass is 31.2. The molecule has 1 saturated heterocycles. The number of alkyl halides is 6. The summed E-state index contributed by atoms with van der Waals surface area (Å²) < 4.78 is 96.2. The van der Waals surface area contributed by atoms with Crippen LogP contribution in [0, 0.1) is 0 Å². The summed E-state index contributed by atoms with van der Waals surface area (Å²) in [7, 11) is -1.91. The monoisotopic (exact) mass is 999 g/mol. The molecule has 2 aromatic carbocycles. The molecule has 10 atom stereocenters. The van der Waals surface area contributed by atoms with Crippen LogP contribution >= 0.6 is 7.75 Å². The summed E-state index contributed by atoms with van der Waals surface area (Å²) in [6, 6.07) is 8.00. The van der Waals surface area contributed by atoms with Gasteiger partial charge in [-0.2, -0.15) is 26.3 Å². The maximum atomic E-state index is 13.2. The molecule has 67 heavy (non-hydrogen) atoms. The number of rotatable bonds is 20. The van der Waals surface area contributed by atoms with Crippen molar-refractivity contribution in [3.63, 3.8) is 0 Å². The SMILES string of the molecule is CNC[C@H](O)[C@@H](O)[C@H](O)[C@H](O)CO.CNC[C@H](O)[C@@H](O)[C@H](O)[C@H](O)CO.O=C1CN(Cc2nn(P(=O)(O)O)c(=O)[nH]2)[C@@H](c2ccccc2)[C@@H](COCc2cc(C(F)(F)F)cc(C(F)(F)F)c2)N1. The number of aliphatic hydroxyl groups excluding tert-OH is 10. The number of aromatic amines is 1. The Morgan fingerprint density at radius 2 is 1.24 bits per heavy atom. The molecule has 23 nitrogen and oxygen atoms in total. The van der Waals surface area contributed by atoms with Gasteiger partial charge in [-0.15, -0.1) is 9.55 Å². The van der Waals surface area contributed by atoms with E-state index < -0.39 is 124 Å². The van der Waals surface area contributed by atoms with Gasteiger partial charge in [0.25, 0.3) is 0 Å². The molecule has 2 heterocycles. The van der Waals surface area contributed by atoms with Crippen LogP contribution in [0.3, 0.4) is 0 Å². The van der Waals surface area contributed by atoms with Crippen LogP contribution in [0.4, 0.5) is 26.3 Å². The van der Waals surface area contributed by atoms with E-state index in [0.29, 0.717) is 17.7 Å². The number of nitrogens with one attached hydrogen (secondary N) is 4. The maximum absolute atomic E-state index is 13.2. The van der Waals surface area contributed by atoms with Crippen molar-refractivity contribution in [1.82, 2.24) is 35.4 Å². The van der Waals surface area contributed by atoms with Gasteiger partial charge in [0.05, 0.1) is 74.9 Å². The Labute approximate surface area is 377 Å². The molecular formula is C37H56F6N7O16P. The van der Waals surface area contributed by atoms with Crippen molar-refractivity contribution in [1.29, 1.82) is 0 Å². The lowest BCUT2D eigenvalue weighted by Crippen LogP contribution is -2.57. The number of nitrogens with zero attached hydrogens (tertiary/aromatic N) is 3. The first-order valence-electron chi connectivity index (χ1n) is 19.8. The fourth-order valence-corrected chi connectivity index (χ4v) is 6.75.